The van der Waals surface area contributed by atoms with E-state index in [1.165, 1.54) is 36.1 Å². The molecule has 1 saturated carbocycles. The number of nitrogens with one attached hydrogen (secondary N) is 1. The molecule has 3 heteroatoms. The first-order valence-electron chi connectivity index (χ1n) is 7.79. The highest BCUT2D eigenvalue weighted by Gasteiger charge is 2.28. The average Bonchev–Trinajstić information content (AvgIpc) is 3.18. The number of hydrogen-bond donors (Lipinski definition) is 1. The third kappa shape index (κ3) is 3.68. The fourth-order valence-corrected chi connectivity index (χ4v) is 4.43. The molecule has 0 aliphatic heterocycles. The summed E-state index contributed by atoms with van der Waals surface area (Å²) in [5.41, 5.74) is 1.27. The largest absolute Gasteiger partial charge is 0.302 e. The SMILES string of the molecule is C[C@H](NC(c1cccs1)C1CCCC1)c1cccc(Cl)c1. The normalized spacial score (nSPS) is 18.8. The topological polar surface area (TPSA) is 12.0 Å². The summed E-state index contributed by atoms with van der Waals surface area (Å²) in [7, 11) is 0. The summed E-state index contributed by atoms with van der Waals surface area (Å²) in [5, 5.41) is 6.85. The molecule has 1 aromatic heterocycles. The monoisotopic (exact) mass is 319 g/mol. The third-order valence-electron chi connectivity index (χ3n) is 4.50. The van der Waals surface area contributed by atoms with Gasteiger partial charge in [0.25, 0.3) is 0 Å². The van der Waals surface area contributed by atoms with Crippen molar-refractivity contribution in [3.63, 3.8) is 0 Å². The van der Waals surface area contributed by atoms with Crippen LogP contribution in [-0.4, -0.2) is 0 Å². The summed E-state index contributed by atoms with van der Waals surface area (Å²) in [5.74, 6) is 0.769. The molecule has 0 radical (unpaired) electrons. The minimum absolute atomic E-state index is 0.316. The fourth-order valence-electron chi connectivity index (χ4n) is 3.35. The maximum atomic E-state index is 6.13. The van der Waals surface area contributed by atoms with Gasteiger partial charge in [0.15, 0.2) is 0 Å². The van der Waals surface area contributed by atoms with Gasteiger partial charge in [0.2, 0.25) is 0 Å². The highest BCUT2D eigenvalue weighted by Crippen LogP contribution is 2.38. The van der Waals surface area contributed by atoms with E-state index in [0.717, 1.165) is 10.9 Å². The maximum Gasteiger partial charge on any atom is 0.0448 e. The van der Waals surface area contributed by atoms with Crippen LogP contribution in [0, 0.1) is 5.92 Å². The smallest absolute Gasteiger partial charge is 0.0448 e. The van der Waals surface area contributed by atoms with Crippen LogP contribution in [0.1, 0.15) is 55.1 Å². The molecule has 0 saturated heterocycles. The van der Waals surface area contributed by atoms with Crippen LogP contribution in [0.4, 0.5) is 0 Å². The maximum absolute atomic E-state index is 6.13. The number of benzene rings is 1. The van der Waals surface area contributed by atoms with Crippen molar-refractivity contribution in [3.8, 4) is 0 Å². The lowest BCUT2D eigenvalue weighted by atomic mass is 9.95. The minimum Gasteiger partial charge on any atom is -0.302 e. The second kappa shape index (κ2) is 6.95. The summed E-state index contributed by atoms with van der Waals surface area (Å²) < 4.78 is 0. The van der Waals surface area contributed by atoms with Gasteiger partial charge in [-0.25, -0.2) is 0 Å². The van der Waals surface area contributed by atoms with Gasteiger partial charge < -0.3 is 5.32 Å². The number of rotatable bonds is 5. The molecule has 112 valence electrons. The number of halogens is 1. The van der Waals surface area contributed by atoms with Crippen LogP contribution in [0.2, 0.25) is 5.02 Å². The Morgan fingerprint density at radius 2 is 2.00 bits per heavy atom. The summed E-state index contributed by atoms with van der Waals surface area (Å²) >= 11 is 8.00. The van der Waals surface area contributed by atoms with E-state index in [2.05, 4.69) is 41.9 Å². The lowest BCUT2D eigenvalue weighted by molar-refractivity contribution is 0.343. The molecule has 1 aliphatic carbocycles. The minimum atomic E-state index is 0.316. The van der Waals surface area contributed by atoms with Crippen LogP contribution in [0.15, 0.2) is 41.8 Å². The van der Waals surface area contributed by atoms with Crippen molar-refractivity contribution in [1.29, 1.82) is 0 Å². The summed E-state index contributed by atoms with van der Waals surface area (Å²) in [6.45, 7) is 2.24. The van der Waals surface area contributed by atoms with Gasteiger partial charge in [-0.2, -0.15) is 0 Å². The van der Waals surface area contributed by atoms with Crippen molar-refractivity contribution < 1.29 is 0 Å². The van der Waals surface area contributed by atoms with Crippen LogP contribution >= 0.6 is 22.9 Å². The summed E-state index contributed by atoms with van der Waals surface area (Å²) in [6, 6.07) is 13.4. The average molecular weight is 320 g/mol. The van der Waals surface area contributed by atoms with Crippen LogP contribution in [-0.2, 0) is 0 Å². The van der Waals surface area contributed by atoms with Gasteiger partial charge in [0, 0.05) is 22.0 Å². The van der Waals surface area contributed by atoms with Crippen molar-refractivity contribution in [2.75, 3.05) is 0 Å². The van der Waals surface area contributed by atoms with E-state index in [0.29, 0.717) is 12.1 Å². The molecule has 1 heterocycles. The van der Waals surface area contributed by atoms with Gasteiger partial charge in [0.05, 0.1) is 0 Å². The van der Waals surface area contributed by atoms with E-state index in [4.69, 9.17) is 11.6 Å². The Kier molecular flexibility index (Phi) is 4.99. The molecule has 2 atom stereocenters. The molecule has 2 aromatic rings. The Labute approximate surface area is 136 Å². The van der Waals surface area contributed by atoms with Crippen LogP contribution in [0.25, 0.3) is 0 Å². The highest BCUT2D eigenvalue weighted by atomic mass is 35.5. The van der Waals surface area contributed by atoms with Crippen molar-refractivity contribution in [2.24, 2.45) is 5.92 Å². The molecule has 0 spiro atoms. The Morgan fingerprint density at radius 1 is 1.19 bits per heavy atom. The van der Waals surface area contributed by atoms with Gasteiger partial charge >= 0.3 is 0 Å². The zero-order valence-corrected chi connectivity index (χ0v) is 14.0. The van der Waals surface area contributed by atoms with Crippen LogP contribution in [0.3, 0.4) is 0 Å². The first-order chi connectivity index (χ1) is 10.2. The molecule has 1 unspecified atom stereocenters. The lowest BCUT2D eigenvalue weighted by Crippen LogP contribution is -2.29. The van der Waals surface area contributed by atoms with Gasteiger partial charge in [-0.15, -0.1) is 11.3 Å². The zero-order chi connectivity index (χ0) is 14.7. The van der Waals surface area contributed by atoms with Gasteiger partial charge in [0.1, 0.15) is 0 Å². The van der Waals surface area contributed by atoms with E-state index in [9.17, 15) is 0 Å². The van der Waals surface area contributed by atoms with Gasteiger partial charge in [-0.3, -0.25) is 0 Å². The zero-order valence-electron chi connectivity index (χ0n) is 12.4. The molecule has 1 aromatic carbocycles. The second-order valence-corrected chi connectivity index (χ2v) is 7.40. The number of hydrogen-bond acceptors (Lipinski definition) is 2. The number of thiophene rings is 1. The first kappa shape index (κ1) is 15.1. The van der Waals surface area contributed by atoms with Crippen LogP contribution in [0.5, 0.6) is 0 Å². The highest BCUT2D eigenvalue weighted by molar-refractivity contribution is 7.10. The van der Waals surface area contributed by atoms with Crippen molar-refractivity contribution in [2.45, 2.75) is 44.7 Å². The van der Waals surface area contributed by atoms with E-state index >= 15 is 0 Å². The molecule has 3 rings (SSSR count). The predicted molar refractivity (Wildman–Crippen MR) is 92.0 cm³/mol. The van der Waals surface area contributed by atoms with Crippen molar-refractivity contribution in [1.82, 2.24) is 5.32 Å². The van der Waals surface area contributed by atoms with Crippen molar-refractivity contribution in [3.05, 3.63) is 57.2 Å². The summed E-state index contributed by atoms with van der Waals surface area (Å²) in [4.78, 5) is 1.47. The molecule has 1 aliphatic rings. The predicted octanol–water partition coefficient (Wildman–Crippen LogP) is 5.98. The van der Waals surface area contributed by atoms with E-state index in [-0.39, 0.29) is 0 Å². The first-order valence-corrected chi connectivity index (χ1v) is 9.05. The molecule has 21 heavy (non-hydrogen) atoms. The fraction of sp³-hybridized carbons (Fsp3) is 0.444. The Hall–Kier alpha value is -0.830. The molecule has 1 fully saturated rings. The van der Waals surface area contributed by atoms with Gasteiger partial charge in [-0.05, 0) is 54.8 Å². The van der Waals surface area contributed by atoms with Crippen LogP contribution < -0.4 is 5.32 Å². The standard InChI is InChI=1S/C18H22ClNS/c1-13(15-8-4-9-16(19)12-15)20-18(14-6-2-3-7-14)17-10-5-11-21-17/h4-5,8-14,18,20H,2-3,6-7H2,1H3/t13-,18?/m0/s1. The van der Waals surface area contributed by atoms with E-state index in [1.807, 2.05) is 23.5 Å². The lowest BCUT2D eigenvalue weighted by Gasteiger charge is -2.28. The quantitative estimate of drug-likeness (QED) is 0.714. The van der Waals surface area contributed by atoms with E-state index in [1.54, 1.807) is 0 Å². The third-order valence-corrected chi connectivity index (χ3v) is 5.69. The van der Waals surface area contributed by atoms with Crippen molar-refractivity contribution >= 4 is 22.9 Å². The molecule has 1 nitrogen and oxygen atoms in total. The molecule has 0 amide bonds. The van der Waals surface area contributed by atoms with Gasteiger partial charge in [-0.1, -0.05) is 42.6 Å². The van der Waals surface area contributed by atoms with E-state index < -0.39 is 0 Å². The summed E-state index contributed by atoms with van der Waals surface area (Å²) in [6.07, 6.45) is 5.44. The molecule has 0 bridgehead atoms. The Bertz CT molecular complexity index is 560. The second-order valence-electron chi connectivity index (χ2n) is 5.98. The Morgan fingerprint density at radius 3 is 2.67 bits per heavy atom. The molecular weight excluding hydrogens is 298 g/mol. The molecular formula is C18H22ClNS. The Balaban J connectivity index is 1.77. The molecule has 1 N–H and O–H groups in total.